The fourth-order valence-electron chi connectivity index (χ4n) is 1.22. The highest BCUT2D eigenvalue weighted by Gasteiger charge is 2.09. The van der Waals surface area contributed by atoms with Gasteiger partial charge in [-0.2, -0.15) is 16.3 Å². The minimum atomic E-state index is -0.292. The molecular formula is C9H11N5OS. The van der Waals surface area contributed by atoms with Crippen molar-refractivity contribution in [3.05, 3.63) is 28.2 Å². The normalized spacial score (nSPS) is 10.2. The number of anilines is 1. The Bertz CT molecular complexity index is 464. The molecule has 0 atom stereocenters. The molecule has 2 aromatic rings. The van der Waals surface area contributed by atoms with E-state index in [0.29, 0.717) is 6.54 Å². The van der Waals surface area contributed by atoms with Crippen molar-refractivity contribution in [3.8, 4) is 0 Å². The van der Waals surface area contributed by atoms with Gasteiger partial charge in [0, 0.05) is 6.54 Å². The predicted octanol–water partition coefficient (Wildman–Crippen LogP) is 0.421. The van der Waals surface area contributed by atoms with Crippen LogP contribution in [-0.4, -0.2) is 27.6 Å². The van der Waals surface area contributed by atoms with Crippen LogP contribution in [0.5, 0.6) is 0 Å². The first-order valence-corrected chi connectivity index (χ1v) is 5.67. The molecule has 6 nitrogen and oxygen atoms in total. The van der Waals surface area contributed by atoms with Crippen molar-refractivity contribution in [2.75, 3.05) is 12.3 Å². The van der Waals surface area contributed by atoms with Crippen LogP contribution in [-0.2, 0) is 6.42 Å². The van der Waals surface area contributed by atoms with Gasteiger partial charge in [0.2, 0.25) is 11.8 Å². The Kier molecular flexibility index (Phi) is 3.16. The average Bonchev–Trinajstić information content (AvgIpc) is 2.89. The molecule has 0 bridgehead atoms. The number of nitrogens with zero attached hydrogens (tertiary/aromatic N) is 2. The van der Waals surface area contributed by atoms with Gasteiger partial charge in [-0.25, -0.2) is 0 Å². The number of aromatic amines is 1. The minimum Gasteiger partial charge on any atom is -0.366 e. The Balaban J connectivity index is 1.80. The molecule has 2 aromatic heterocycles. The summed E-state index contributed by atoms with van der Waals surface area (Å²) in [6.07, 6.45) is 0.804. The van der Waals surface area contributed by atoms with Crippen molar-refractivity contribution in [2.45, 2.75) is 6.42 Å². The van der Waals surface area contributed by atoms with Crippen molar-refractivity contribution in [3.63, 3.8) is 0 Å². The smallest absolute Gasteiger partial charge is 0.288 e. The maximum absolute atomic E-state index is 11.5. The van der Waals surface area contributed by atoms with Gasteiger partial charge in [0.05, 0.1) is 0 Å². The summed E-state index contributed by atoms with van der Waals surface area (Å²) in [4.78, 5) is 15.2. The molecule has 0 radical (unpaired) electrons. The number of amides is 1. The summed E-state index contributed by atoms with van der Waals surface area (Å²) in [5.74, 6) is -0.0785. The van der Waals surface area contributed by atoms with E-state index in [4.69, 9.17) is 5.73 Å². The lowest BCUT2D eigenvalue weighted by molar-refractivity contribution is 0.0944. The minimum absolute atomic E-state index is 0.0722. The molecule has 0 spiro atoms. The summed E-state index contributed by atoms with van der Waals surface area (Å²) in [7, 11) is 0. The Morgan fingerprint density at radius 2 is 2.50 bits per heavy atom. The summed E-state index contributed by atoms with van der Waals surface area (Å²) in [6, 6.07) is 2.03. The zero-order chi connectivity index (χ0) is 11.4. The molecule has 2 heterocycles. The molecule has 0 aliphatic rings. The van der Waals surface area contributed by atoms with Gasteiger partial charge in [-0.05, 0) is 28.8 Å². The summed E-state index contributed by atoms with van der Waals surface area (Å²) < 4.78 is 0. The molecule has 0 aliphatic heterocycles. The highest BCUT2D eigenvalue weighted by Crippen LogP contribution is 2.05. The fourth-order valence-corrected chi connectivity index (χ4v) is 1.92. The predicted molar refractivity (Wildman–Crippen MR) is 61.2 cm³/mol. The van der Waals surface area contributed by atoms with Gasteiger partial charge in [-0.3, -0.25) is 9.89 Å². The molecular weight excluding hydrogens is 226 g/mol. The lowest BCUT2D eigenvalue weighted by atomic mass is 10.2. The second-order valence-electron chi connectivity index (χ2n) is 3.18. The third-order valence-electron chi connectivity index (χ3n) is 2.00. The third-order valence-corrected chi connectivity index (χ3v) is 2.73. The van der Waals surface area contributed by atoms with E-state index in [0.717, 1.165) is 6.42 Å². The van der Waals surface area contributed by atoms with Gasteiger partial charge in [-0.15, -0.1) is 5.10 Å². The van der Waals surface area contributed by atoms with E-state index < -0.39 is 0 Å². The second-order valence-corrected chi connectivity index (χ2v) is 3.96. The van der Waals surface area contributed by atoms with Gasteiger partial charge >= 0.3 is 0 Å². The molecule has 0 unspecified atom stereocenters. The van der Waals surface area contributed by atoms with Crippen LogP contribution in [0.1, 0.15) is 16.2 Å². The molecule has 84 valence electrons. The number of aromatic nitrogens is 3. The maximum Gasteiger partial charge on any atom is 0.288 e. The van der Waals surface area contributed by atoms with Crippen LogP contribution in [0, 0.1) is 0 Å². The largest absolute Gasteiger partial charge is 0.366 e. The number of hydrogen-bond acceptors (Lipinski definition) is 5. The van der Waals surface area contributed by atoms with Gasteiger partial charge in [0.15, 0.2) is 0 Å². The topological polar surface area (TPSA) is 96.7 Å². The molecule has 0 saturated heterocycles. The van der Waals surface area contributed by atoms with Gasteiger partial charge in [0.25, 0.3) is 5.91 Å². The molecule has 0 aromatic carbocycles. The zero-order valence-electron chi connectivity index (χ0n) is 8.43. The first-order valence-electron chi connectivity index (χ1n) is 4.73. The Hall–Kier alpha value is -1.89. The van der Waals surface area contributed by atoms with Crippen LogP contribution in [0.25, 0.3) is 0 Å². The highest BCUT2D eigenvalue weighted by molar-refractivity contribution is 7.07. The van der Waals surface area contributed by atoms with Crippen molar-refractivity contribution in [1.29, 1.82) is 0 Å². The van der Waals surface area contributed by atoms with E-state index >= 15 is 0 Å². The molecule has 7 heteroatoms. The molecule has 4 N–H and O–H groups in total. The van der Waals surface area contributed by atoms with E-state index in [-0.39, 0.29) is 17.7 Å². The number of hydrogen-bond donors (Lipinski definition) is 3. The maximum atomic E-state index is 11.5. The highest BCUT2D eigenvalue weighted by atomic mass is 32.1. The summed E-state index contributed by atoms with van der Waals surface area (Å²) in [5, 5.41) is 12.8. The van der Waals surface area contributed by atoms with Crippen LogP contribution in [0.3, 0.4) is 0 Å². The number of carbonyl (C=O) groups is 1. The molecule has 0 fully saturated rings. The molecule has 16 heavy (non-hydrogen) atoms. The van der Waals surface area contributed by atoms with Crippen molar-refractivity contribution in [1.82, 2.24) is 20.5 Å². The second kappa shape index (κ2) is 4.75. The summed E-state index contributed by atoms with van der Waals surface area (Å²) in [5.41, 5.74) is 6.50. The van der Waals surface area contributed by atoms with Crippen LogP contribution in [0.2, 0.25) is 0 Å². The zero-order valence-corrected chi connectivity index (χ0v) is 9.25. The lowest BCUT2D eigenvalue weighted by Gasteiger charge is -2.00. The van der Waals surface area contributed by atoms with E-state index in [1.165, 1.54) is 5.56 Å². The van der Waals surface area contributed by atoms with Gasteiger partial charge < -0.3 is 11.1 Å². The number of H-pyrrole nitrogens is 1. The van der Waals surface area contributed by atoms with E-state index in [1.807, 2.05) is 11.4 Å². The Labute approximate surface area is 95.9 Å². The number of carbonyl (C=O) groups excluding carboxylic acids is 1. The first kappa shape index (κ1) is 10.6. The van der Waals surface area contributed by atoms with Crippen LogP contribution in [0.15, 0.2) is 16.8 Å². The van der Waals surface area contributed by atoms with Gasteiger partial charge in [0.1, 0.15) is 0 Å². The monoisotopic (exact) mass is 237 g/mol. The van der Waals surface area contributed by atoms with Crippen LogP contribution < -0.4 is 11.1 Å². The molecule has 2 rings (SSSR count). The summed E-state index contributed by atoms with van der Waals surface area (Å²) in [6.45, 7) is 0.566. The van der Waals surface area contributed by atoms with Crippen molar-refractivity contribution >= 4 is 23.2 Å². The lowest BCUT2D eigenvalue weighted by Crippen LogP contribution is -2.26. The van der Waals surface area contributed by atoms with E-state index in [9.17, 15) is 4.79 Å². The van der Waals surface area contributed by atoms with Crippen LogP contribution >= 0.6 is 11.3 Å². The first-order chi connectivity index (χ1) is 7.75. The molecule has 0 aliphatic carbocycles. The average molecular weight is 237 g/mol. The third kappa shape index (κ3) is 2.57. The van der Waals surface area contributed by atoms with Crippen LogP contribution in [0.4, 0.5) is 5.95 Å². The SMILES string of the molecule is Nc1n[nH]c(C(=O)NCCc2ccsc2)n1. The quantitative estimate of drug-likeness (QED) is 0.718. The molecule has 0 saturated carbocycles. The summed E-state index contributed by atoms with van der Waals surface area (Å²) >= 11 is 1.64. The number of nitrogen functional groups attached to an aromatic ring is 1. The number of rotatable bonds is 4. The van der Waals surface area contributed by atoms with E-state index in [1.54, 1.807) is 11.3 Å². The van der Waals surface area contributed by atoms with Crippen molar-refractivity contribution < 1.29 is 4.79 Å². The fraction of sp³-hybridized carbons (Fsp3) is 0.222. The standard InChI is InChI=1S/C9H11N5OS/c10-9-12-7(13-14-9)8(15)11-3-1-6-2-4-16-5-6/h2,4-5H,1,3H2,(H,11,15)(H3,10,12,13,14). The van der Waals surface area contributed by atoms with Crippen molar-refractivity contribution in [2.24, 2.45) is 0 Å². The number of nitrogens with two attached hydrogens (primary N) is 1. The number of nitrogens with one attached hydrogen (secondary N) is 2. The van der Waals surface area contributed by atoms with E-state index in [2.05, 4.69) is 25.9 Å². The molecule has 1 amide bonds. The number of thiophene rings is 1. The van der Waals surface area contributed by atoms with Gasteiger partial charge in [-0.1, -0.05) is 0 Å². The Morgan fingerprint density at radius 3 is 3.12 bits per heavy atom. The Morgan fingerprint density at radius 1 is 1.62 bits per heavy atom.